The average Bonchev–Trinajstić information content (AvgIpc) is 3.15. The highest BCUT2D eigenvalue weighted by atomic mass is 32.2. The Labute approximate surface area is 167 Å². The molecule has 0 aliphatic carbocycles. The van der Waals surface area contributed by atoms with E-state index in [0.29, 0.717) is 25.4 Å². The van der Waals surface area contributed by atoms with Crippen LogP contribution in [-0.4, -0.2) is 56.0 Å². The molecule has 9 nitrogen and oxygen atoms in total. The van der Waals surface area contributed by atoms with Crippen molar-refractivity contribution in [2.75, 3.05) is 38.3 Å². The smallest absolute Gasteiger partial charge is 0.293 e. The van der Waals surface area contributed by atoms with Gasteiger partial charge in [-0.15, -0.1) is 11.3 Å². The second kappa shape index (κ2) is 8.52. The normalized spacial score (nSPS) is 15.5. The summed E-state index contributed by atoms with van der Waals surface area (Å²) >= 11 is 1.55. The molecular formula is C17H22N4O5S2. The van der Waals surface area contributed by atoms with Gasteiger partial charge in [-0.3, -0.25) is 10.1 Å². The van der Waals surface area contributed by atoms with Gasteiger partial charge in [0.2, 0.25) is 10.0 Å². The molecule has 0 bridgehead atoms. The van der Waals surface area contributed by atoms with Gasteiger partial charge in [0.25, 0.3) is 5.69 Å². The van der Waals surface area contributed by atoms with Gasteiger partial charge in [0.15, 0.2) is 0 Å². The fourth-order valence-corrected chi connectivity index (χ4v) is 5.15. The first-order chi connectivity index (χ1) is 13.3. The van der Waals surface area contributed by atoms with Crippen molar-refractivity contribution in [2.24, 2.45) is 0 Å². The lowest BCUT2D eigenvalue weighted by Gasteiger charge is -2.26. The Kier molecular flexibility index (Phi) is 6.28. The Morgan fingerprint density at radius 3 is 2.68 bits per heavy atom. The zero-order chi connectivity index (χ0) is 20.3. The van der Waals surface area contributed by atoms with Crippen LogP contribution in [-0.2, 0) is 27.7 Å². The summed E-state index contributed by atoms with van der Waals surface area (Å²) in [4.78, 5) is 17.2. The second-order valence-corrected chi connectivity index (χ2v) is 9.25. The van der Waals surface area contributed by atoms with Crippen molar-refractivity contribution in [3.8, 4) is 0 Å². The van der Waals surface area contributed by atoms with E-state index in [9.17, 15) is 18.5 Å². The molecule has 0 N–H and O–H groups in total. The molecule has 1 saturated heterocycles. The Bertz CT molecular complexity index is 954. The number of nitro benzene ring substituents is 1. The molecule has 1 aromatic heterocycles. The molecule has 11 heteroatoms. The van der Waals surface area contributed by atoms with Crippen LogP contribution in [0.25, 0.3) is 0 Å². The van der Waals surface area contributed by atoms with E-state index in [0.717, 1.165) is 23.2 Å². The van der Waals surface area contributed by atoms with Gasteiger partial charge in [0.1, 0.15) is 5.69 Å². The number of nitro groups is 1. The average molecular weight is 427 g/mol. The number of aromatic nitrogens is 1. The number of aryl methyl sites for hydroxylation is 1. The van der Waals surface area contributed by atoms with Gasteiger partial charge in [0, 0.05) is 31.6 Å². The maximum atomic E-state index is 12.8. The van der Waals surface area contributed by atoms with Gasteiger partial charge in [-0.25, -0.2) is 13.4 Å². The summed E-state index contributed by atoms with van der Waals surface area (Å²) in [7, 11) is -2.07. The molecule has 0 amide bonds. The topological polar surface area (TPSA) is 106 Å². The highest BCUT2D eigenvalue weighted by Crippen LogP contribution is 2.32. The van der Waals surface area contributed by atoms with Crippen LogP contribution in [0.2, 0.25) is 0 Å². The Morgan fingerprint density at radius 1 is 1.36 bits per heavy atom. The zero-order valence-corrected chi connectivity index (χ0v) is 17.3. The molecule has 0 spiro atoms. The van der Waals surface area contributed by atoms with Crippen LogP contribution in [0.5, 0.6) is 0 Å². The number of ether oxygens (including phenoxy) is 1. The minimum Gasteiger partial charge on any atom is -0.379 e. The second-order valence-electron chi connectivity index (χ2n) is 6.37. The van der Waals surface area contributed by atoms with Gasteiger partial charge in [-0.1, -0.05) is 6.92 Å². The predicted octanol–water partition coefficient (Wildman–Crippen LogP) is 2.27. The molecule has 1 aliphatic heterocycles. The van der Waals surface area contributed by atoms with Crippen molar-refractivity contribution in [1.82, 2.24) is 9.29 Å². The number of morpholine rings is 1. The SMILES string of the molecule is CCc1nc(CN(C)c2ccc(S(=O)(=O)N3CCOCC3)cc2[N+](=O)[O-])cs1. The highest BCUT2D eigenvalue weighted by molar-refractivity contribution is 7.89. The monoisotopic (exact) mass is 426 g/mol. The predicted molar refractivity (Wildman–Crippen MR) is 106 cm³/mol. The first-order valence-electron chi connectivity index (χ1n) is 8.83. The third-order valence-electron chi connectivity index (χ3n) is 4.46. The molecule has 28 heavy (non-hydrogen) atoms. The molecule has 152 valence electrons. The lowest BCUT2D eigenvalue weighted by Crippen LogP contribution is -2.40. The molecule has 0 atom stereocenters. The van der Waals surface area contributed by atoms with E-state index in [1.807, 2.05) is 12.3 Å². The van der Waals surface area contributed by atoms with Crippen LogP contribution >= 0.6 is 11.3 Å². The van der Waals surface area contributed by atoms with E-state index in [1.165, 1.54) is 16.4 Å². The molecule has 0 saturated carbocycles. The standard InChI is InChI=1S/C17H22N4O5S2/c1-3-17-18-13(12-27-17)11-19(2)15-5-4-14(10-16(15)21(22)23)28(24,25)20-6-8-26-9-7-20/h4-5,10,12H,3,6-9,11H2,1-2H3. The van der Waals surface area contributed by atoms with Crippen molar-refractivity contribution in [3.05, 3.63) is 44.4 Å². The largest absolute Gasteiger partial charge is 0.379 e. The quantitative estimate of drug-likeness (QED) is 0.494. The Morgan fingerprint density at radius 2 is 2.07 bits per heavy atom. The van der Waals surface area contributed by atoms with Gasteiger partial charge >= 0.3 is 0 Å². The Hall–Kier alpha value is -2.08. The number of hydrogen-bond acceptors (Lipinski definition) is 8. The van der Waals surface area contributed by atoms with E-state index in [-0.39, 0.29) is 23.7 Å². The van der Waals surface area contributed by atoms with Crippen molar-refractivity contribution in [2.45, 2.75) is 24.8 Å². The number of rotatable bonds is 7. The number of hydrogen-bond donors (Lipinski definition) is 0. The number of nitrogens with zero attached hydrogens (tertiary/aromatic N) is 4. The van der Waals surface area contributed by atoms with Crippen LogP contribution in [0.4, 0.5) is 11.4 Å². The van der Waals surface area contributed by atoms with Gasteiger partial charge in [-0.2, -0.15) is 4.31 Å². The summed E-state index contributed by atoms with van der Waals surface area (Å²) < 4.78 is 32.1. The molecule has 2 aromatic rings. The van der Waals surface area contributed by atoms with Crippen molar-refractivity contribution in [3.63, 3.8) is 0 Å². The van der Waals surface area contributed by atoms with E-state index in [1.54, 1.807) is 23.3 Å². The molecule has 2 heterocycles. The van der Waals surface area contributed by atoms with Gasteiger partial charge in [-0.05, 0) is 18.6 Å². The van der Waals surface area contributed by atoms with Crippen molar-refractivity contribution in [1.29, 1.82) is 0 Å². The first-order valence-corrected chi connectivity index (χ1v) is 11.2. The summed E-state index contributed by atoms with van der Waals surface area (Å²) in [6.07, 6.45) is 0.836. The Balaban J connectivity index is 1.89. The summed E-state index contributed by atoms with van der Waals surface area (Å²) in [5, 5.41) is 14.6. The maximum absolute atomic E-state index is 12.8. The maximum Gasteiger partial charge on any atom is 0.293 e. The van der Waals surface area contributed by atoms with Crippen LogP contribution in [0.15, 0.2) is 28.5 Å². The number of anilines is 1. The lowest BCUT2D eigenvalue weighted by molar-refractivity contribution is -0.384. The van der Waals surface area contributed by atoms with Crippen molar-refractivity contribution >= 4 is 32.7 Å². The van der Waals surface area contributed by atoms with E-state index in [2.05, 4.69) is 4.98 Å². The van der Waals surface area contributed by atoms with E-state index in [4.69, 9.17) is 4.74 Å². The zero-order valence-electron chi connectivity index (χ0n) is 15.7. The molecule has 0 unspecified atom stereocenters. The minimum absolute atomic E-state index is 0.0832. The van der Waals surface area contributed by atoms with E-state index < -0.39 is 14.9 Å². The summed E-state index contributed by atoms with van der Waals surface area (Å²) in [5.41, 5.74) is 0.920. The minimum atomic E-state index is -3.80. The van der Waals surface area contributed by atoms with Gasteiger partial charge < -0.3 is 9.64 Å². The number of sulfonamides is 1. The third kappa shape index (κ3) is 4.32. The molecule has 1 aromatic carbocycles. The fourth-order valence-electron chi connectivity index (χ4n) is 2.98. The molecule has 1 aliphatic rings. The fraction of sp³-hybridized carbons (Fsp3) is 0.471. The molecular weight excluding hydrogens is 404 g/mol. The summed E-state index contributed by atoms with van der Waals surface area (Å²) in [6, 6.07) is 4.04. The summed E-state index contributed by atoms with van der Waals surface area (Å²) in [5.74, 6) is 0. The third-order valence-corrected chi connectivity index (χ3v) is 7.40. The van der Waals surface area contributed by atoms with Crippen LogP contribution in [0.3, 0.4) is 0 Å². The number of benzene rings is 1. The molecule has 1 fully saturated rings. The van der Waals surface area contributed by atoms with Crippen LogP contribution in [0, 0.1) is 10.1 Å². The van der Waals surface area contributed by atoms with E-state index >= 15 is 0 Å². The molecule has 3 rings (SSSR count). The summed E-state index contributed by atoms with van der Waals surface area (Å²) in [6.45, 7) is 3.52. The lowest BCUT2D eigenvalue weighted by atomic mass is 10.2. The van der Waals surface area contributed by atoms with Gasteiger partial charge in [0.05, 0.1) is 40.3 Å². The molecule has 0 radical (unpaired) electrons. The van der Waals surface area contributed by atoms with Crippen molar-refractivity contribution < 1.29 is 18.1 Å². The first kappa shape index (κ1) is 20.6. The highest BCUT2D eigenvalue weighted by Gasteiger charge is 2.29. The van der Waals surface area contributed by atoms with Crippen LogP contribution < -0.4 is 4.90 Å². The van der Waals surface area contributed by atoms with Crippen LogP contribution in [0.1, 0.15) is 17.6 Å². The number of thiazole rings is 1.